The SMILES string of the molecule is CCCCCC[C@@H](C=O)CC(=O)c1ccco1. The molecule has 0 aliphatic heterocycles. The largest absolute Gasteiger partial charge is 0.461 e. The Morgan fingerprint density at radius 2 is 2.24 bits per heavy atom. The van der Waals surface area contributed by atoms with Crippen molar-refractivity contribution in [3.63, 3.8) is 0 Å². The number of Topliss-reactive ketones (excluding diaryl/α,β-unsaturated/α-hetero) is 1. The number of carbonyl (C=O) groups is 2. The Bertz CT molecular complexity index is 327. The van der Waals surface area contributed by atoms with Gasteiger partial charge in [0.05, 0.1) is 6.26 Å². The standard InChI is InChI=1S/C14H20O3/c1-2-3-4-5-7-12(11-15)10-13(16)14-8-6-9-17-14/h6,8-9,11-12H,2-5,7,10H2,1H3/t12-/m1/s1. The summed E-state index contributed by atoms with van der Waals surface area (Å²) in [6.45, 7) is 2.15. The van der Waals surface area contributed by atoms with Gasteiger partial charge in [0.2, 0.25) is 0 Å². The van der Waals surface area contributed by atoms with E-state index in [0.717, 1.165) is 25.5 Å². The molecule has 3 nitrogen and oxygen atoms in total. The molecule has 1 rings (SSSR count). The number of ketones is 1. The second-order valence-electron chi connectivity index (χ2n) is 4.35. The van der Waals surface area contributed by atoms with Gasteiger partial charge in [-0.1, -0.05) is 32.6 Å². The van der Waals surface area contributed by atoms with Gasteiger partial charge in [0.25, 0.3) is 0 Å². The third kappa shape index (κ3) is 4.98. The Balaban J connectivity index is 2.31. The van der Waals surface area contributed by atoms with Crippen LogP contribution in [0.1, 0.15) is 56.0 Å². The summed E-state index contributed by atoms with van der Waals surface area (Å²) in [7, 11) is 0. The van der Waals surface area contributed by atoms with Crippen LogP contribution in [0.25, 0.3) is 0 Å². The van der Waals surface area contributed by atoms with E-state index in [1.807, 2.05) is 0 Å². The second kappa shape index (κ2) is 7.82. The van der Waals surface area contributed by atoms with E-state index in [1.165, 1.54) is 19.1 Å². The summed E-state index contributed by atoms with van der Waals surface area (Å²) in [6, 6.07) is 3.33. The molecule has 1 atom stereocenters. The molecule has 0 aliphatic rings. The molecule has 0 aromatic carbocycles. The van der Waals surface area contributed by atoms with Crippen LogP contribution >= 0.6 is 0 Å². The highest BCUT2D eigenvalue weighted by Gasteiger charge is 2.16. The van der Waals surface area contributed by atoms with E-state index in [-0.39, 0.29) is 18.1 Å². The zero-order valence-corrected chi connectivity index (χ0v) is 10.4. The van der Waals surface area contributed by atoms with E-state index in [0.29, 0.717) is 5.76 Å². The lowest BCUT2D eigenvalue weighted by Crippen LogP contribution is -2.09. The number of unbranched alkanes of at least 4 members (excludes halogenated alkanes) is 3. The van der Waals surface area contributed by atoms with Gasteiger partial charge in [-0.15, -0.1) is 0 Å². The highest BCUT2D eigenvalue weighted by molar-refractivity contribution is 5.94. The van der Waals surface area contributed by atoms with Gasteiger partial charge in [-0.2, -0.15) is 0 Å². The van der Waals surface area contributed by atoms with Crippen LogP contribution in [0.3, 0.4) is 0 Å². The predicted octanol–water partition coefficient (Wildman–Crippen LogP) is 3.64. The molecule has 0 amide bonds. The topological polar surface area (TPSA) is 47.3 Å². The molecule has 0 fully saturated rings. The summed E-state index contributed by atoms with van der Waals surface area (Å²) in [5.74, 6) is 0.109. The normalized spacial score (nSPS) is 12.3. The second-order valence-corrected chi connectivity index (χ2v) is 4.35. The summed E-state index contributed by atoms with van der Waals surface area (Å²) in [5, 5.41) is 0. The molecule has 0 N–H and O–H groups in total. The van der Waals surface area contributed by atoms with Crippen molar-refractivity contribution in [2.24, 2.45) is 5.92 Å². The molecule has 0 saturated carbocycles. The maximum Gasteiger partial charge on any atom is 0.198 e. The fourth-order valence-corrected chi connectivity index (χ4v) is 1.83. The maximum absolute atomic E-state index is 11.7. The Kier molecular flexibility index (Phi) is 6.30. The van der Waals surface area contributed by atoms with Gasteiger partial charge in [-0.25, -0.2) is 0 Å². The Morgan fingerprint density at radius 1 is 1.41 bits per heavy atom. The Labute approximate surface area is 102 Å². The Hall–Kier alpha value is -1.38. The van der Waals surface area contributed by atoms with Gasteiger partial charge < -0.3 is 9.21 Å². The molecular formula is C14H20O3. The Morgan fingerprint density at radius 3 is 2.82 bits per heavy atom. The van der Waals surface area contributed by atoms with Crippen molar-refractivity contribution < 1.29 is 14.0 Å². The molecule has 94 valence electrons. The molecule has 1 aromatic rings. The minimum Gasteiger partial charge on any atom is -0.461 e. The summed E-state index contributed by atoms with van der Waals surface area (Å²) in [6.07, 6.45) is 7.96. The smallest absolute Gasteiger partial charge is 0.198 e. The van der Waals surface area contributed by atoms with Crippen molar-refractivity contribution in [2.75, 3.05) is 0 Å². The molecular weight excluding hydrogens is 216 g/mol. The van der Waals surface area contributed by atoms with Crippen LogP contribution < -0.4 is 0 Å². The molecule has 0 radical (unpaired) electrons. The van der Waals surface area contributed by atoms with Gasteiger partial charge in [-0.3, -0.25) is 4.79 Å². The summed E-state index contributed by atoms with van der Waals surface area (Å²) >= 11 is 0. The summed E-state index contributed by atoms with van der Waals surface area (Å²) in [5.41, 5.74) is 0. The van der Waals surface area contributed by atoms with Crippen molar-refractivity contribution >= 4 is 12.1 Å². The molecule has 0 saturated heterocycles. The van der Waals surface area contributed by atoms with Crippen LogP contribution in [0.2, 0.25) is 0 Å². The number of rotatable bonds is 9. The predicted molar refractivity (Wildman–Crippen MR) is 66.0 cm³/mol. The van der Waals surface area contributed by atoms with Crippen LogP contribution in [0, 0.1) is 5.92 Å². The molecule has 0 bridgehead atoms. The van der Waals surface area contributed by atoms with E-state index in [9.17, 15) is 9.59 Å². The lowest BCUT2D eigenvalue weighted by molar-refractivity contribution is -0.111. The highest BCUT2D eigenvalue weighted by Crippen LogP contribution is 2.16. The van der Waals surface area contributed by atoms with Gasteiger partial charge in [-0.05, 0) is 18.6 Å². The van der Waals surface area contributed by atoms with Crippen molar-refractivity contribution in [3.8, 4) is 0 Å². The zero-order valence-electron chi connectivity index (χ0n) is 10.4. The van der Waals surface area contributed by atoms with Gasteiger partial charge in [0, 0.05) is 12.3 Å². The van der Waals surface area contributed by atoms with Crippen LogP contribution in [-0.2, 0) is 4.79 Å². The molecule has 0 spiro atoms. The quantitative estimate of drug-likeness (QED) is 0.373. The van der Waals surface area contributed by atoms with E-state index >= 15 is 0 Å². The molecule has 17 heavy (non-hydrogen) atoms. The third-order valence-corrected chi connectivity index (χ3v) is 2.86. The number of carbonyl (C=O) groups excluding carboxylic acids is 2. The average molecular weight is 236 g/mol. The minimum atomic E-state index is -0.163. The molecule has 3 heteroatoms. The van der Waals surface area contributed by atoms with Gasteiger partial charge >= 0.3 is 0 Å². The van der Waals surface area contributed by atoms with Crippen LogP contribution in [0.4, 0.5) is 0 Å². The van der Waals surface area contributed by atoms with E-state index < -0.39 is 0 Å². The van der Waals surface area contributed by atoms with Gasteiger partial charge in [0.1, 0.15) is 6.29 Å². The van der Waals surface area contributed by atoms with Crippen LogP contribution in [0.5, 0.6) is 0 Å². The van der Waals surface area contributed by atoms with Crippen molar-refractivity contribution in [2.45, 2.75) is 45.4 Å². The zero-order chi connectivity index (χ0) is 12.5. The number of hydrogen-bond donors (Lipinski definition) is 0. The van der Waals surface area contributed by atoms with E-state index in [2.05, 4.69) is 6.92 Å². The first-order valence-corrected chi connectivity index (χ1v) is 6.30. The van der Waals surface area contributed by atoms with Crippen LogP contribution in [-0.4, -0.2) is 12.1 Å². The maximum atomic E-state index is 11.7. The number of furan rings is 1. The molecule has 0 unspecified atom stereocenters. The first kappa shape index (κ1) is 13.7. The van der Waals surface area contributed by atoms with Gasteiger partial charge in [0.15, 0.2) is 11.5 Å². The number of hydrogen-bond acceptors (Lipinski definition) is 3. The van der Waals surface area contributed by atoms with Crippen molar-refractivity contribution in [1.29, 1.82) is 0 Å². The number of aldehydes is 1. The van der Waals surface area contributed by atoms with Crippen LogP contribution in [0.15, 0.2) is 22.8 Å². The fraction of sp³-hybridized carbons (Fsp3) is 0.571. The first-order valence-electron chi connectivity index (χ1n) is 6.30. The van der Waals surface area contributed by atoms with E-state index in [1.54, 1.807) is 12.1 Å². The third-order valence-electron chi connectivity index (χ3n) is 2.86. The molecule has 0 aliphatic carbocycles. The lowest BCUT2D eigenvalue weighted by atomic mass is 9.96. The molecule has 1 aromatic heterocycles. The average Bonchev–Trinajstić information content (AvgIpc) is 2.86. The highest BCUT2D eigenvalue weighted by atomic mass is 16.3. The molecule has 1 heterocycles. The van der Waals surface area contributed by atoms with Crippen molar-refractivity contribution in [1.82, 2.24) is 0 Å². The summed E-state index contributed by atoms with van der Waals surface area (Å²) < 4.78 is 5.02. The fourth-order valence-electron chi connectivity index (χ4n) is 1.83. The van der Waals surface area contributed by atoms with Crippen molar-refractivity contribution in [3.05, 3.63) is 24.2 Å². The summed E-state index contributed by atoms with van der Waals surface area (Å²) in [4.78, 5) is 22.6. The first-order chi connectivity index (χ1) is 8.27. The minimum absolute atomic E-state index is 0.0809. The monoisotopic (exact) mass is 236 g/mol. The van der Waals surface area contributed by atoms with E-state index in [4.69, 9.17) is 4.42 Å². The lowest BCUT2D eigenvalue weighted by Gasteiger charge is -2.07.